The number of hydrogen-bond donors (Lipinski definition) is 2. The summed E-state index contributed by atoms with van der Waals surface area (Å²) in [7, 11) is 0. The van der Waals surface area contributed by atoms with Crippen LogP contribution in [0.3, 0.4) is 0 Å². The zero-order valence-corrected chi connectivity index (χ0v) is 11.0. The van der Waals surface area contributed by atoms with Crippen molar-refractivity contribution in [2.75, 3.05) is 0 Å². The Labute approximate surface area is 112 Å². The summed E-state index contributed by atoms with van der Waals surface area (Å²) in [4.78, 5) is 4.62. The zero-order valence-electron chi connectivity index (χ0n) is 11.0. The third kappa shape index (κ3) is 2.17. The quantitative estimate of drug-likeness (QED) is 0.881. The van der Waals surface area contributed by atoms with E-state index in [1.165, 1.54) is 18.5 Å². The van der Waals surface area contributed by atoms with Crippen molar-refractivity contribution in [3.8, 4) is 11.4 Å². The average molecular weight is 257 g/mol. The number of imidazole rings is 1. The maximum atomic E-state index is 9.44. The summed E-state index contributed by atoms with van der Waals surface area (Å²) in [5.41, 5.74) is 9.87. The fourth-order valence-electron chi connectivity index (χ4n) is 2.76. The van der Waals surface area contributed by atoms with Crippen LogP contribution in [0.2, 0.25) is 0 Å². The van der Waals surface area contributed by atoms with Gasteiger partial charge in [-0.25, -0.2) is 4.98 Å². The molecule has 1 aliphatic heterocycles. The summed E-state index contributed by atoms with van der Waals surface area (Å²) < 4.78 is 2.26. The normalized spacial score (nSPS) is 14.4. The molecule has 4 heteroatoms. The first-order valence-electron chi connectivity index (χ1n) is 6.82. The van der Waals surface area contributed by atoms with Crippen molar-refractivity contribution in [2.45, 2.75) is 39.0 Å². The summed E-state index contributed by atoms with van der Waals surface area (Å²) in [6.45, 7) is 1.58. The first-order chi connectivity index (χ1) is 9.33. The fourth-order valence-corrected chi connectivity index (χ4v) is 2.76. The number of nitrogens with two attached hydrogens (primary N) is 1. The molecule has 3 rings (SSSR count). The van der Waals surface area contributed by atoms with Crippen LogP contribution in [0.4, 0.5) is 0 Å². The van der Waals surface area contributed by atoms with Gasteiger partial charge in [0.15, 0.2) is 0 Å². The molecule has 0 amide bonds. The van der Waals surface area contributed by atoms with Crippen molar-refractivity contribution >= 4 is 0 Å². The second-order valence-corrected chi connectivity index (χ2v) is 5.00. The molecule has 1 aliphatic rings. The van der Waals surface area contributed by atoms with Gasteiger partial charge in [0.2, 0.25) is 0 Å². The van der Waals surface area contributed by atoms with Crippen LogP contribution in [0.15, 0.2) is 24.3 Å². The molecule has 0 aliphatic carbocycles. The van der Waals surface area contributed by atoms with Crippen molar-refractivity contribution in [1.82, 2.24) is 9.55 Å². The molecule has 2 heterocycles. The number of benzene rings is 1. The summed E-state index contributed by atoms with van der Waals surface area (Å²) in [6.07, 6.45) is 3.39. The first-order valence-corrected chi connectivity index (χ1v) is 6.82. The van der Waals surface area contributed by atoms with E-state index in [2.05, 4.69) is 21.7 Å². The van der Waals surface area contributed by atoms with E-state index in [-0.39, 0.29) is 6.61 Å². The lowest BCUT2D eigenvalue weighted by atomic mass is 10.1. The molecule has 1 aromatic heterocycles. The Morgan fingerprint density at radius 2 is 2.00 bits per heavy atom. The molecule has 0 spiro atoms. The fraction of sp³-hybridized carbons (Fsp3) is 0.400. The van der Waals surface area contributed by atoms with Crippen LogP contribution in [0.25, 0.3) is 11.4 Å². The van der Waals surface area contributed by atoms with Crippen LogP contribution < -0.4 is 5.73 Å². The molecule has 4 nitrogen and oxygen atoms in total. The highest BCUT2D eigenvalue weighted by Crippen LogP contribution is 2.27. The second-order valence-electron chi connectivity index (χ2n) is 5.00. The lowest BCUT2D eigenvalue weighted by Crippen LogP contribution is -2.12. The molecule has 0 radical (unpaired) electrons. The molecule has 0 atom stereocenters. The molecule has 1 aromatic carbocycles. The van der Waals surface area contributed by atoms with Gasteiger partial charge < -0.3 is 15.4 Å². The summed E-state index contributed by atoms with van der Waals surface area (Å²) in [6, 6.07) is 8.21. The maximum Gasteiger partial charge on any atom is 0.140 e. The Kier molecular flexibility index (Phi) is 3.36. The highest BCUT2D eigenvalue weighted by atomic mass is 16.3. The SMILES string of the molecule is NCc1ccc(-c2nc(CO)c3n2CCCC3)cc1. The first kappa shape index (κ1) is 12.4. The number of aromatic nitrogens is 2. The number of aliphatic hydroxyl groups excluding tert-OH is 1. The van der Waals surface area contributed by atoms with E-state index in [0.717, 1.165) is 35.6 Å². The molecule has 3 N–H and O–H groups in total. The molecule has 0 unspecified atom stereocenters. The van der Waals surface area contributed by atoms with Crippen molar-refractivity contribution < 1.29 is 5.11 Å². The topological polar surface area (TPSA) is 64.1 Å². The molecule has 0 saturated heterocycles. The average Bonchev–Trinajstić information content (AvgIpc) is 2.86. The van der Waals surface area contributed by atoms with Crippen molar-refractivity contribution in [3.05, 3.63) is 41.2 Å². The standard InChI is InChI=1S/C15H19N3O/c16-9-11-4-6-12(7-5-11)15-17-13(10-19)14-3-1-2-8-18(14)15/h4-7,19H,1-3,8-10,16H2. The molecule has 19 heavy (non-hydrogen) atoms. The van der Waals surface area contributed by atoms with E-state index < -0.39 is 0 Å². The smallest absolute Gasteiger partial charge is 0.140 e. The lowest BCUT2D eigenvalue weighted by Gasteiger charge is -2.17. The van der Waals surface area contributed by atoms with E-state index in [0.29, 0.717) is 6.54 Å². The van der Waals surface area contributed by atoms with E-state index in [1.807, 2.05) is 12.1 Å². The number of fused-ring (bicyclic) bond motifs is 1. The molecule has 2 aromatic rings. The summed E-state index contributed by atoms with van der Waals surface area (Å²) >= 11 is 0. The molecule has 100 valence electrons. The number of aliphatic hydroxyl groups is 1. The molecule has 0 bridgehead atoms. The van der Waals surface area contributed by atoms with E-state index in [4.69, 9.17) is 5.73 Å². The van der Waals surface area contributed by atoms with Gasteiger partial charge in [-0.05, 0) is 24.8 Å². The minimum absolute atomic E-state index is 0.0240. The lowest BCUT2D eigenvalue weighted by molar-refractivity contribution is 0.275. The second kappa shape index (κ2) is 5.15. The van der Waals surface area contributed by atoms with Gasteiger partial charge in [0.05, 0.1) is 12.3 Å². The van der Waals surface area contributed by atoms with Gasteiger partial charge in [0.25, 0.3) is 0 Å². The number of rotatable bonds is 3. The Morgan fingerprint density at radius 1 is 1.21 bits per heavy atom. The van der Waals surface area contributed by atoms with E-state index >= 15 is 0 Å². The van der Waals surface area contributed by atoms with Crippen molar-refractivity contribution in [1.29, 1.82) is 0 Å². The van der Waals surface area contributed by atoms with Gasteiger partial charge in [0, 0.05) is 24.3 Å². The Hall–Kier alpha value is -1.65. The zero-order chi connectivity index (χ0) is 13.2. The van der Waals surface area contributed by atoms with Crippen LogP contribution >= 0.6 is 0 Å². The van der Waals surface area contributed by atoms with Crippen LogP contribution in [-0.4, -0.2) is 14.7 Å². The molecule has 0 fully saturated rings. The molecular formula is C15H19N3O. The predicted molar refractivity (Wildman–Crippen MR) is 74.4 cm³/mol. The third-order valence-corrected chi connectivity index (χ3v) is 3.80. The Balaban J connectivity index is 2.06. The largest absolute Gasteiger partial charge is 0.390 e. The van der Waals surface area contributed by atoms with Crippen LogP contribution in [-0.2, 0) is 26.1 Å². The number of hydrogen-bond acceptors (Lipinski definition) is 3. The third-order valence-electron chi connectivity index (χ3n) is 3.80. The Bertz CT molecular complexity index is 572. The van der Waals surface area contributed by atoms with E-state index in [9.17, 15) is 5.11 Å². The highest BCUT2D eigenvalue weighted by molar-refractivity contribution is 5.57. The molecule has 0 saturated carbocycles. The van der Waals surface area contributed by atoms with Gasteiger partial charge in [-0.2, -0.15) is 0 Å². The minimum atomic E-state index is 0.0240. The highest BCUT2D eigenvalue weighted by Gasteiger charge is 2.20. The Morgan fingerprint density at radius 3 is 2.68 bits per heavy atom. The summed E-state index contributed by atoms with van der Waals surface area (Å²) in [5, 5.41) is 9.44. The van der Waals surface area contributed by atoms with Gasteiger partial charge >= 0.3 is 0 Å². The van der Waals surface area contributed by atoms with E-state index in [1.54, 1.807) is 0 Å². The maximum absolute atomic E-state index is 9.44. The minimum Gasteiger partial charge on any atom is -0.390 e. The summed E-state index contributed by atoms with van der Waals surface area (Å²) in [5.74, 6) is 0.974. The monoisotopic (exact) mass is 257 g/mol. The van der Waals surface area contributed by atoms with Crippen LogP contribution in [0.1, 0.15) is 29.8 Å². The van der Waals surface area contributed by atoms with Gasteiger partial charge in [-0.3, -0.25) is 0 Å². The van der Waals surface area contributed by atoms with Gasteiger partial charge in [0.1, 0.15) is 5.82 Å². The van der Waals surface area contributed by atoms with Gasteiger partial charge in [-0.15, -0.1) is 0 Å². The van der Waals surface area contributed by atoms with Crippen LogP contribution in [0.5, 0.6) is 0 Å². The van der Waals surface area contributed by atoms with Gasteiger partial charge in [-0.1, -0.05) is 24.3 Å². The number of nitrogens with zero attached hydrogens (tertiary/aromatic N) is 2. The van der Waals surface area contributed by atoms with Crippen molar-refractivity contribution in [3.63, 3.8) is 0 Å². The van der Waals surface area contributed by atoms with Crippen molar-refractivity contribution in [2.24, 2.45) is 5.73 Å². The predicted octanol–water partition coefficient (Wildman–Crippen LogP) is 1.84. The van der Waals surface area contributed by atoms with Crippen LogP contribution in [0, 0.1) is 0 Å². The molecular weight excluding hydrogens is 238 g/mol.